The Labute approximate surface area is 161 Å². The average Bonchev–Trinajstić information content (AvgIpc) is 3.36. The van der Waals surface area contributed by atoms with Crippen molar-refractivity contribution >= 4 is 11.9 Å². The van der Waals surface area contributed by atoms with Gasteiger partial charge in [0.15, 0.2) is 0 Å². The van der Waals surface area contributed by atoms with E-state index in [-0.39, 0.29) is 0 Å². The zero-order valence-electron chi connectivity index (χ0n) is 14.9. The van der Waals surface area contributed by atoms with Crippen molar-refractivity contribution in [2.24, 2.45) is 11.8 Å². The van der Waals surface area contributed by atoms with Crippen LogP contribution in [-0.2, 0) is 30.3 Å². The van der Waals surface area contributed by atoms with Crippen LogP contribution < -0.4 is 0 Å². The lowest BCUT2D eigenvalue weighted by Gasteiger charge is -2.33. The van der Waals surface area contributed by atoms with Crippen molar-refractivity contribution in [2.45, 2.75) is 11.2 Å². The third kappa shape index (κ3) is 1.61. The lowest BCUT2D eigenvalue weighted by atomic mass is 9.61. The van der Waals surface area contributed by atoms with E-state index in [4.69, 9.17) is 9.47 Å². The minimum atomic E-state index is -1.04. The molecule has 3 aromatic carbocycles. The molecule has 28 heavy (non-hydrogen) atoms. The maximum Gasteiger partial charge on any atom is 0.321 e. The van der Waals surface area contributed by atoms with Crippen LogP contribution in [0, 0.1) is 11.8 Å². The first-order valence-electron chi connectivity index (χ1n) is 9.36. The standard InChI is InChI=1S/C24H16O4/c25-21-19-20(22(26)27-21)24(16-11-5-2-6-12-16)18-14-8-7-13-17(18)23(19,28-24)15-9-3-1-4-10-15/h1-14,19-20H/t19-,20-,23-,24-/m1/s1. The van der Waals surface area contributed by atoms with Gasteiger partial charge >= 0.3 is 11.9 Å². The molecular formula is C24H16O4. The number of carbonyl (C=O) groups excluding carboxylic acids is 2. The Balaban J connectivity index is 1.75. The van der Waals surface area contributed by atoms with Crippen molar-refractivity contribution in [2.75, 3.05) is 0 Å². The van der Waals surface area contributed by atoms with Crippen molar-refractivity contribution in [1.82, 2.24) is 0 Å². The van der Waals surface area contributed by atoms with Gasteiger partial charge in [0.05, 0.1) is 0 Å². The molecular weight excluding hydrogens is 352 g/mol. The summed E-state index contributed by atoms with van der Waals surface area (Å²) in [5.74, 6) is -2.44. The zero-order valence-corrected chi connectivity index (χ0v) is 14.9. The molecule has 0 N–H and O–H groups in total. The predicted molar refractivity (Wildman–Crippen MR) is 100 cm³/mol. The molecule has 4 atom stereocenters. The molecule has 3 aliphatic heterocycles. The number of cyclic esters (lactones) is 2. The fourth-order valence-electron chi connectivity index (χ4n) is 5.42. The van der Waals surface area contributed by atoms with Gasteiger partial charge in [-0.3, -0.25) is 9.59 Å². The third-order valence-electron chi connectivity index (χ3n) is 6.37. The lowest BCUT2D eigenvalue weighted by Crippen LogP contribution is -2.42. The van der Waals surface area contributed by atoms with Gasteiger partial charge in [-0.15, -0.1) is 0 Å². The van der Waals surface area contributed by atoms with Crippen LogP contribution in [0.25, 0.3) is 0 Å². The van der Waals surface area contributed by atoms with Gasteiger partial charge < -0.3 is 9.47 Å². The molecule has 3 heterocycles. The summed E-state index contributed by atoms with van der Waals surface area (Å²) in [6.07, 6.45) is 0. The van der Waals surface area contributed by atoms with Gasteiger partial charge in [-0.2, -0.15) is 0 Å². The summed E-state index contributed by atoms with van der Waals surface area (Å²) in [7, 11) is 0. The van der Waals surface area contributed by atoms with Crippen LogP contribution in [0.1, 0.15) is 22.3 Å². The molecule has 136 valence electrons. The van der Waals surface area contributed by atoms with E-state index in [0.717, 1.165) is 22.3 Å². The topological polar surface area (TPSA) is 52.6 Å². The second-order valence-electron chi connectivity index (χ2n) is 7.55. The second-order valence-corrected chi connectivity index (χ2v) is 7.55. The molecule has 0 aromatic heterocycles. The van der Waals surface area contributed by atoms with Gasteiger partial charge in [0, 0.05) is 0 Å². The van der Waals surface area contributed by atoms with Gasteiger partial charge in [-0.05, 0) is 22.3 Å². The van der Waals surface area contributed by atoms with Gasteiger partial charge in [0.25, 0.3) is 0 Å². The van der Waals surface area contributed by atoms with Crippen LogP contribution in [0.5, 0.6) is 0 Å². The summed E-state index contributed by atoms with van der Waals surface area (Å²) in [5.41, 5.74) is 1.50. The van der Waals surface area contributed by atoms with Gasteiger partial charge in [-0.25, -0.2) is 0 Å². The molecule has 2 bridgehead atoms. The average molecular weight is 368 g/mol. The molecule has 0 amide bonds. The fourth-order valence-corrected chi connectivity index (χ4v) is 5.42. The molecule has 0 spiro atoms. The van der Waals surface area contributed by atoms with Crippen molar-refractivity contribution in [3.63, 3.8) is 0 Å². The molecule has 0 aliphatic carbocycles. The van der Waals surface area contributed by atoms with E-state index in [9.17, 15) is 9.59 Å². The predicted octanol–water partition coefficient (Wildman–Crippen LogP) is 3.53. The van der Waals surface area contributed by atoms with Crippen LogP contribution in [0.4, 0.5) is 0 Å². The minimum absolute atomic E-state index is 0.508. The highest BCUT2D eigenvalue weighted by Crippen LogP contribution is 2.70. The van der Waals surface area contributed by atoms with Gasteiger partial charge in [0.2, 0.25) is 0 Å². The summed E-state index contributed by atoms with van der Waals surface area (Å²) in [4.78, 5) is 25.8. The monoisotopic (exact) mass is 368 g/mol. The molecule has 2 saturated heterocycles. The number of esters is 2. The highest BCUT2D eigenvalue weighted by Gasteiger charge is 2.78. The number of hydrogen-bond donors (Lipinski definition) is 0. The van der Waals surface area contributed by atoms with Crippen LogP contribution in [-0.4, -0.2) is 11.9 Å². The first-order chi connectivity index (χ1) is 13.7. The number of ether oxygens (including phenoxy) is 2. The smallest absolute Gasteiger partial charge is 0.321 e. The zero-order chi connectivity index (χ0) is 18.9. The SMILES string of the molecule is O=C1OC(=O)[C@H]2[C@H]1[C@]1(c3ccccc3)O[C@]2(c2ccccc2)c2ccccc21. The Morgan fingerprint density at radius 3 is 1.39 bits per heavy atom. The highest BCUT2D eigenvalue weighted by atomic mass is 16.6. The maximum atomic E-state index is 12.9. The molecule has 6 rings (SSSR count). The fraction of sp³-hybridized carbons (Fsp3) is 0.167. The maximum absolute atomic E-state index is 12.9. The molecule has 0 saturated carbocycles. The quantitative estimate of drug-likeness (QED) is 0.513. The number of hydrogen-bond acceptors (Lipinski definition) is 4. The van der Waals surface area contributed by atoms with E-state index in [2.05, 4.69) is 0 Å². The van der Waals surface area contributed by atoms with Crippen molar-refractivity contribution in [3.8, 4) is 0 Å². The molecule has 4 nitrogen and oxygen atoms in total. The normalized spacial score (nSPS) is 32.1. The first-order valence-corrected chi connectivity index (χ1v) is 9.36. The number of rotatable bonds is 2. The minimum Gasteiger partial charge on any atom is -0.392 e. The Morgan fingerprint density at radius 1 is 0.571 bits per heavy atom. The van der Waals surface area contributed by atoms with Crippen molar-refractivity contribution < 1.29 is 19.1 Å². The van der Waals surface area contributed by atoms with E-state index < -0.39 is 35.0 Å². The van der Waals surface area contributed by atoms with Crippen molar-refractivity contribution in [1.29, 1.82) is 0 Å². The van der Waals surface area contributed by atoms with E-state index in [1.807, 2.05) is 84.9 Å². The highest BCUT2D eigenvalue weighted by molar-refractivity contribution is 6.01. The van der Waals surface area contributed by atoms with E-state index in [1.54, 1.807) is 0 Å². The Morgan fingerprint density at radius 2 is 0.964 bits per heavy atom. The lowest BCUT2D eigenvalue weighted by molar-refractivity contribution is -0.162. The molecule has 3 aromatic rings. The molecule has 2 fully saturated rings. The number of fused-ring (bicyclic) bond motifs is 8. The Hall–Kier alpha value is -3.24. The molecule has 3 aliphatic rings. The number of carbonyl (C=O) groups is 2. The summed E-state index contributed by atoms with van der Waals surface area (Å²) in [6.45, 7) is 0. The van der Waals surface area contributed by atoms with Gasteiger partial charge in [0.1, 0.15) is 23.0 Å². The van der Waals surface area contributed by atoms with Crippen LogP contribution in [0.2, 0.25) is 0 Å². The van der Waals surface area contributed by atoms with Crippen molar-refractivity contribution in [3.05, 3.63) is 107 Å². The van der Waals surface area contributed by atoms with Crippen LogP contribution in [0.3, 0.4) is 0 Å². The Bertz CT molecular complexity index is 1040. The molecule has 0 unspecified atom stereocenters. The Kier molecular flexibility index (Phi) is 2.92. The summed E-state index contributed by atoms with van der Waals surface area (Å²) >= 11 is 0. The first kappa shape index (κ1) is 15.8. The second kappa shape index (κ2) is 5.18. The van der Waals surface area contributed by atoms with Crippen LogP contribution in [0.15, 0.2) is 84.9 Å². The van der Waals surface area contributed by atoms with E-state index in [0.29, 0.717) is 0 Å². The summed E-state index contributed by atoms with van der Waals surface area (Å²) < 4.78 is 12.1. The molecule has 4 heteroatoms. The van der Waals surface area contributed by atoms with E-state index >= 15 is 0 Å². The molecule has 0 radical (unpaired) electrons. The summed E-state index contributed by atoms with van der Waals surface area (Å²) in [6, 6.07) is 27.3. The summed E-state index contributed by atoms with van der Waals surface area (Å²) in [5, 5.41) is 0. The number of benzene rings is 3. The van der Waals surface area contributed by atoms with Gasteiger partial charge in [-0.1, -0.05) is 84.9 Å². The van der Waals surface area contributed by atoms with E-state index in [1.165, 1.54) is 0 Å². The largest absolute Gasteiger partial charge is 0.392 e. The third-order valence-corrected chi connectivity index (χ3v) is 6.37. The van der Waals surface area contributed by atoms with Crippen LogP contribution >= 0.6 is 0 Å².